The van der Waals surface area contributed by atoms with Crippen molar-refractivity contribution in [3.63, 3.8) is 0 Å². The Labute approximate surface area is 130 Å². The fourth-order valence-electron chi connectivity index (χ4n) is 3.26. The van der Waals surface area contributed by atoms with E-state index in [4.69, 9.17) is 4.74 Å². The van der Waals surface area contributed by atoms with Crippen LogP contribution in [0.15, 0.2) is 24.3 Å². The van der Waals surface area contributed by atoms with Crippen LogP contribution < -0.4 is 0 Å². The van der Waals surface area contributed by atoms with Crippen LogP contribution in [0.2, 0.25) is 0 Å². The quantitative estimate of drug-likeness (QED) is 0.747. The van der Waals surface area contributed by atoms with E-state index in [1.165, 1.54) is 12.1 Å². The second kappa shape index (κ2) is 6.50. The van der Waals surface area contributed by atoms with Gasteiger partial charge in [0.25, 0.3) is 5.91 Å². The van der Waals surface area contributed by atoms with Gasteiger partial charge in [-0.3, -0.25) is 4.79 Å². The van der Waals surface area contributed by atoms with Gasteiger partial charge in [-0.05, 0) is 42.4 Å². The Bertz CT molecular complexity index is 613. The summed E-state index contributed by atoms with van der Waals surface area (Å²) in [6, 6.07) is 6.44. The fraction of sp³-hybridized carbons (Fsp3) is 0.500. The molecule has 3 nitrogen and oxygen atoms in total. The molecule has 4 heteroatoms. The van der Waals surface area contributed by atoms with Gasteiger partial charge in [0.05, 0.1) is 12.6 Å². The SMILES string of the molecule is C[C@@H]1CCN(C(=O)C#C[C@@H]2CCOC2)[C@@H]1c1cccc(F)c1. The van der Waals surface area contributed by atoms with Gasteiger partial charge in [-0.2, -0.15) is 0 Å². The molecule has 0 bridgehead atoms. The first-order valence-electron chi connectivity index (χ1n) is 7.80. The highest BCUT2D eigenvalue weighted by Crippen LogP contribution is 2.37. The molecule has 1 amide bonds. The first kappa shape index (κ1) is 15.1. The number of hydrogen-bond acceptors (Lipinski definition) is 2. The number of carbonyl (C=O) groups is 1. The summed E-state index contributed by atoms with van der Waals surface area (Å²) in [5, 5.41) is 0. The van der Waals surface area contributed by atoms with Gasteiger partial charge in [-0.25, -0.2) is 4.39 Å². The van der Waals surface area contributed by atoms with E-state index >= 15 is 0 Å². The summed E-state index contributed by atoms with van der Waals surface area (Å²) in [5.74, 6) is 5.83. The Balaban J connectivity index is 1.78. The average molecular weight is 301 g/mol. The third-order valence-corrected chi connectivity index (χ3v) is 4.46. The largest absolute Gasteiger partial charge is 0.380 e. The lowest BCUT2D eigenvalue weighted by molar-refractivity contribution is -0.126. The lowest BCUT2D eigenvalue weighted by Gasteiger charge is -2.25. The molecule has 0 N–H and O–H groups in total. The Morgan fingerprint density at radius 2 is 2.27 bits per heavy atom. The zero-order chi connectivity index (χ0) is 15.5. The van der Waals surface area contributed by atoms with E-state index in [0.29, 0.717) is 19.1 Å². The molecule has 116 valence electrons. The molecule has 2 heterocycles. The van der Waals surface area contributed by atoms with Crippen molar-refractivity contribution >= 4 is 5.91 Å². The highest BCUT2D eigenvalue weighted by Gasteiger charge is 2.35. The lowest BCUT2D eigenvalue weighted by atomic mass is 9.95. The van der Waals surface area contributed by atoms with Gasteiger partial charge in [0.15, 0.2) is 0 Å². The Morgan fingerprint density at radius 3 is 3.00 bits per heavy atom. The van der Waals surface area contributed by atoms with Crippen molar-refractivity contribution in [3.8, 4) is 11.8 Å². The number of likely N-dealkylation sites (tertiary alicyclic amines) is 1. The molecule has 1 aromatic rings. The average Bonchev–Trinajstić information content (AvgIpc) is 3.14. The van der Waals surface area contributed by atoms with E-state index in [-0.39, 0.29) is 23.7 Å². The van der Waals surface area contributed by atoms with Crippen LogP contribution in [0, 0.1) is 29.5 Å². The van der Waals surface area contributed by atoms with Crippen LogP contribution in [-0.4, -0.2) is 30.6 Å². The van der Waals surface area contributed by atoms with Gasteiger partial charge in [-0.1, -0.05) is 25.0 Å². The van der Waals surface area contributed by atoms with Gasteiger partial charge in [-0.15, -0.1) is 0 Å². The van der Waals surface area contributed by atoms with E-state index in [9.17, 15) is 9.18 Å². The minimum Gasteiger partial charge on any atom is -0.380 e. The van der Waals surface area contributed by atoms with Crippen LogP contribution in [0.3, 0.4) is 0 Å². The number of ether oxygens (including phenoxy) is 1. The first-order chi connectivity index (χ1) is 10.6. The second-order valence-corrected chi connectivity index (χ2v) is 6.09. The van der Waals surface area contributed by atoms with Gasteiger partial charge in [0.2, 0.25) is 0 Å². The molecule has 0 spiro atoms. The van der Waals surface area contributed by atoms with Crippen molar-refractivity contribution in [2.24, 2.45) is 11.8 Å². The molecule has 22 heavy (non-hydrogen) atoms. The molecule has 0 saturated carbocycles. The third-order valence-electron chi connectivity index (χ3n) is 4.46. The number of amides is 1. The van der Waals surface area contributed by atoms with E-state index in [1.54, 1.807) is 11.0 Å². The Hall–Kier alpha value is -1.86. The summed E-state index contributed by atoms with van der Waals surface area (Å²) in [6.45, 7) is 4.11. The molecule has 0 aliphatic carbocycles. The van der Waals surface area contributed by atoms with Crippen molar-refractivity contribution in [2.75, 3.05) is 19.8 Å². The van der Waals surface area contributed by atoms with Crippen molar-refractivity contribution < 1.29 is 13.9 Å². The lowest BCUT2D eigenvalue weighted by Crippen LogP contribution is -2.30. The van der Waals surface area contributed by atoms with Crippen molar-refractivity contribution in [1.29, 1.82) is 0 Å². The summed E-state index contributed by atoms with van der Waals surface area (Å²) < 4.78 is 18.7. The van der Waals surface area contributed by atoms with E-state index in [1.807, 2.05) is 6.07 Å². The highest BCUT2D eigenvalue weighted by molar-refractivity contribution is 5.94. The molecule has 1 aromatic carbocycles. The normalized spacial score (nSPS) is 27.5. The van der Waals surface area contributed by atoms with Crippen molar-refractivity contribution in [3.05, 3.63) is 35.6 Å². The minimum absolute atomic E-state index is 0.0858. The maximum Gasteiger partial charge on any atom is 0.298 e. The predicted octanol–water partition coefficient (Wildman–Crippen LogP) is 2.78. The number of halogens is 1. The number of benzene rings is 1. The molecule has 0 unspecified atom stereocenters. The second-order valence-electron chi connectivity index (χ2n) is 6.09. The Morgan fingerprint density at radius 1 is 1.41 bits per heavy atom. The maximum absolute atomic E-state index is 13.5. The van der Waals surface area contributed by atoms with Crippen LogP contribution in [0.1, 0.15) is 31.4 Å². The third kappa shape index (κ3) is 3.15. The van der Waals surface area contributed by atoms with Gasteiger partial charge in [0.1, 0.15) is 5.82 Å². The number of rotatable bonds is 1. The molecule has 3 atom stereocenters. The fourth-order valence-corrected chi connectivity index (χ4v) is 3.26. The molecule has 3 rings (SSSR count). The van der Waals surface area contributed by atoms with Crippen LogP contribution >= 0.6 is 0 Å². The summed E-state index contributed by atoms with van der Waals surface area (Å²) in [7, 11) is 0. The van der Waals surface area contributed by atoms with E-state index in [2.05, 4.69) is 18.8 Å². The van der Waals surface area contributed by atoms with Crippen molar-refractivity contribution in [1.82, 2.24) is 4.90 Å². The van der Waals surface area contributed by atoms with Crippen LogP contribution in [-0.2, 0) is 9.53 Å². The van der Waals surface area contributed by atoms with Crippen molar-refractivity contribution in [2.45, 2.75) is 25.8 Å². The molecular weight excluding hydrogens is 281 g/mol. The number of hydrogen-bond donors (Lipinski definition) is 0. The first-order valence-corrected chi connectivity index (χ1v) is 7.80. The Kier molecular flexibility index (Phi) is 4.44. The minimum atomic E-state index is -0.266. The zero-order valence-electron chi connectivity index (χ0n) is 12.7. The summed E-state index contributed by atoms with van der Waals surface area (Å²) in [6.07, 6.45) is 1.81. The summed E-state index contributed by atoms with van der Waals surface area (Å²) in [5.41, 5.74) is 0.851. The molecule has 2 fully saturated rings. The van der Waals surface area contributed by atoms with E-state index in [0.717, 1.165) is 25.0 Å². The molecule has 2 saturated heterocycles. The van der Waals surface area contributed by atoms with Gasteiger partial charge >= 0.3 is 0 Å². The molecule has 2 aliphatic rings. The summed E-state index contributed by atoms with van der Waals surface area (Å²) >= 11 is 0. The van der Waals surface area contributed by atoms with E-state index < -0.39 is 0 Å². The molecular formula is C18H20FNO2. The van der Waals surface area contributed by atoms with Crippen LogP contribution in [0.4, 0.5) is 4.39 Å². The molecule has 2 aliphatic heterocycles. The van der Waals surface area contributed by atoms with Gasteiger partial charge < -0.3 is 9.64 Å². The zero-order valence-corrected chi connectivity index (χ0v) is 12.7. The maximum atomic E-state index is 13.5. The highest BCUT2D eigenvalue weighted by atomic mass is 19.1. The standard InChI is InChI=1S/C18H20FNO2/c1-13-7-9-20(17(21)6-5-14-8-10-22-12-14)18(13)15-3-2-4-16(19)11-15/h2-4,11,13-14,18H,7-10,12H2,1H3/t13-,14-,18+/m1/s1. The summed E-state index contributed by atoms with van der Waals surface area (Å²) in [4.78, 5) is 14.2. The predicted molar refractivity (Wildman–Crippen MR) is 81.3 cm³/mol. The number of nitrogens with zero attached hydrogens (tertiary/aromatic N) is 1. The molecule has 0 aromatic heterocycles. The number of carbonyl (C=O) groups excluding carboxylic acids is 1. The molecule has 0 radical (unpaired) electrons. The topological polar surface area (TPSA) is 29.5 Å². The van der Waals surface area contributed by atoms with Gasteiger partial charge in [0, 0.05) is 19.1 Å². The van der Waals surface area contributed by atoms with Crippen LogP contribution in [0.5, 0.6) is 0 Å². The monoisotopic (exact) mass is 301 g/mol. The smallest absolute Gasteiger partial charge is 0.298 e. The van der Waals surface area contributed by atoms with Crippen LogP contribution in [0.25, 0.3) is 0 Å².